The van der Waals surface area contributed by atoms with Crippen LogP contribution < -0.4 is 15.4 Å². The second-order valence-electron chi connectivity index (χ2n) is 7.79. The van der Waals surface area contributed by atoms with E-state index < -0.39 is 0 Å². The van der Waals surface area contributed by atoms with Gasteiger partial charge in [-0.25, -0.2) is 4.39 Å². The molecule has 4 rings (SSSR count). The van der Waals surface area contributed by atoms with Gasteiger partial charge in [0.1, 0.15) is 17.7 Å². The van der Waals surface area contributed by atoms with Crippen LogP contribution in [0.4, 0.5) is 4.39 Å². The van der Waals surface area contributed by atoms with E-state index in [0.29, 0.717) is 35.8 Å². The van der Waals surface area contributed by atoms with Gasteiger partial charge in [-0.05, 0) is 38.3 Å². The molecule has 1 aromatic rings. The number of hydrogen-bond donors (Lipinski definition) is 2. The van der Waals surface area contributed by atoms with Crippen LogP contribution in [0.5, 0.6) is 5.75 Å². The van der Waals surface area contributed by atoms with Crippen molar-refractivity contribution < 1.29 is 13.9 Å². The molecule has 0 bridgehead atoms. The molecule has 4 unspecified atom stereocenters. The minimum atomic E-state index is -0.288. The maximum Gasteiger partial charge on any atom is 0.191 e. The largest absolute Gasteiger partial charge is 0.489 e. The Kier molecular flexibility index (Phi) is 4.78. The van der Waals surface area contributed by atoms with Gasteiger partial charge in [0.05, 0.1) is 12.6 Å². The highest BCUT2D eigenvalue weighted by atomic mass is 19.1. The number of nitrogens with one attached hydrogen (secondary N) is 2. The predicted octanol–water partition coefficient (Wildman–Crippen LogP) is 2.72. The minimum Gasteiger partial charge on any atom is -0.489 e. The van der Waals surface area contributed by atoms with Gasteiger partial charge in [0.15, 0.2) is 5.96 Å². The van der Waals surface area contributed by atoms with Gasteiger partial charge in [-0.15, -0.1) is 0 Å². The highest BCUT2D eigenvalue weighted by Gasteiger charge is 2.66. The van der Waals surface area contributed by atoms with E-state index >= 15 is 0 Å². The first-order valence-corrected chi connectivity index (χ1v) is 9.63. The fourth-order valence-electron chi connectivity index (χ4n) is 4.85. The first-order chi connectivity index (χ1) is 12.6. The summed E-state index contributed by atoms with van der Waals surface area (Å²) in [6, 6.07) is 6.69. The van der Waals surface area contributed by atoms with Crippen molar-refractivity contribution in [1.82, 2.24) is 10.6 Å². The van der Waals surface area contributed by atoms with Crippen LogP contribution in [0.25, 0.3) is 0 Å². The monoisotopic (exact) mass is 361 g/mol. The molecule has 0 radical (unpaired) electrons. The van der Waals surface area contributed by atoms with Gasteiger partial charge in [-0.3, -0.25) is 4.99 Å². The van der Waals surface area contributed by atoms with Crippen LogP contribution in [0.1, 0.15) is 32.6 Å². The number of nitrogens with zero attached hydrogens (tertiary/aromatic N) is 1. The van der Waals surface area contributed by atoms with E-state index in [1.54, 1.807) is 19.2 Å². The van der Waals surface area contributed by atoms with Crippen molar-refractivity contribution in [2.24, 2.45) is 16.3 Å². The van der Waals surface area contributed by atoms with Gasteiger partial charge < -0.3 is 20.1 Å². The Bertz CT molecular complexity index is 677. The van der Waals surface area contributed by atoms with Gasteiger partial charge in [-0.1, -0.05) is 12.5 Å². The number of rotatable bonds is 5. The lowest BCUT2D eigenvalue weighted by molar-refractivity contribution is -0.171. The van der Waals surface area contributed by atoms with E-state index in [4.69, 9.17) is 9.47 Å². The van der Waals surface area contributed by atoms with Crippen molar-refractivity contribution in [3.63, 3.8) is 0 Å². The van der Waals surface area contributed by atoms with Crippen LogP contribution >= 0.6 is 0 Å². The van der Waals surface area contributed by atoms with Crippen LogP contribution in [0, 0.1) is 17.2 Å². The highest BCUT2D eigenvalue weighted by Crippen LogP contribution is 2.62. The molecule has 0 aromatic heterocycles. The molecule has 142 valence electrons. The first kappa shape index (κ1) is 17.6. The Labute approximate surface area is 154 Å². The van der Waals surface area contributed by atoms with Crippen molar-refractivity contribution in [3.8, 4) is 5.75 Å². The summed E-state index contributed by atoms with van der Waals surface area (Å²) in [4.78, 5) is 4.38. The Morgan fingerprint density at radius 3 is 3.00 bits per heavy atom. The molecule has 1 aromatic carbocycles. The van der Waals surface area contributed by atoms with Gasteiger partial charge in [0.2, 0.25) is 0 Å². The molecular weight excluding hydrogens is 333 g/mol. The molecule has 2 saturated carbocycles. The number of ether oxygens (including phenoxy) is 2. The zero-order chi connectivity index (χ0) is 18.1. The van der Waals surface area contributed by atoms with Gasteiger partial charge in [0.25, 0.3) is 0 Å². The minimum absolute atomic E-state index is 0.100. The lowest BCUT2D eigenvalue weighted by Crippen LogP contribution is -2.72. The SMILES string of the molecule is CN=C(NCC(C)Oc1cccc(F)c1)NC1C2CCOC2C12CCC2. The molecule has 0 amide bonds. The van der Waals surface area contributed by atoms with E-state index in [2.05, 4.69) is 15.6 Å². The lowest BCUT2D eigenvalue weighted by Gasteiger charge is -2.63. The molecular formula is C20H28FN3O2. The fraction of sp³-hybridized carbons (Fsp3) is 0.650. The van der Waals surface area contributed by atoms with Crippen molar-refractivity contribution in [2.45, 2.75) is 50.9 Å². The number of fused-ring (bicyclic) bond motifs is 2. The number of guanidine groups is 1. The van der Waals surface area contributed by atoms with E-state index in [0.717, 1.165) is 19.0 Å². The van der Waals surface area contributed by atoms with Crippen molar-refractivity contribution in [2.75, 3.05) is 20.2 Å². The Balaban J connectivity index is 1.30. The van der Waals surface area contributed by atoms with E-state index in [1.165, 1.54) is 31.4 Å². The summed E-state index contributed by atoms with van der Waals surface area (Å²) in [6.45, 7) is 3.45. The Hall–Kier alpha value is -1.82. The molecule has 2 N–H and O–H groups in total. The highest BCUT2D eigenvalue weighted by molar-refractivity contribution is 5.80. The summed E-state index contributed by atoms with van der Waals surface area (Å²) in [6.07, 6.45) is 5.29. The van der Waals surface area contributed by atoms with E-state index in [9.17, 15) is 4.39 Å². The molecule has 6 heteroatoms. The maximum atomic E-state index is 13.3. The normalized spacial score (nSPS) is 30.1. The number of aliphatic imine (C=N–C) groups is 1. The van der Waals surface area contributed by atoms with E-state index in [1.807, 2.05) is 6.92 Å². The number of benzene rings is 1. The van der Waals surface area contributed by atoms with Crippen LogP contribution in [-0.2, 0) is 4.74 Å². The summed E-state index contributed by atoms with van der Waals surface area (Å²) < 4.78 is 25.0. The summed E-state index contributed by atoms with van der Waals surface area (Å²) in [5, 5.41) is 6.99. The Morgan fingerprint density at radius 2 is 2.31 bits per heavy atom. The van der Waals surface area contributed by atoms with Gasteiger partial charge in [0, 0.05) is 37.1 Å². The number of hydrogen-bond acceptors (Lipinski definition) is 3. The summed E-state index contributed by atoms with van der Waals surface area (Å²) in [5.74, 6) is 1.67. The fourth-order valence-corrected chi connectivity index (χ4v) is 4.85. The second kappa shape index (κ2) is 7.06. The average molecular weight is 361 g/mol. The number of halogens is 1. The molecule has 1 spiro atoms. The summed E-state index contributed by atoms with van der Waals surface area (Å²) in [7, 11) is 1.79. The third-order valence-electron chi connectivity index (χ3n) is 6.24. The van der Waals surface area contributed by atoms with E-state index in [-0.39, 0.29) is 11.9 Å². The Morgan fingerprint density at radius 1 is 1.46 bits per heavy atom. The molecule has 2 aliphatic carbocycles. The molecule has 1 heterocycles. The van der Waals surface area contributed by atoms with Crippen LogP contribution in [0.15, 0.2) is 29.3 Å². The lowest BCUT2D eigenvalue weighted by atomic mass is 9.46. The first-order valence-electron chi connectivity index (χ1n) is 9.63. The maximum absolute atomic E-state index is 13.3. The smallest absolute Gasteiger partial charge is 0.191 e. The quantitative estimate of drug-likeness (QED) is 0.625. The van der Waals surface area contributed by atoms with Crippen molar-refractivity contribution in [3.05, 3.63) is 30.1 Å². The second-order valence-corrected chi connectivity index (χ2v) is 7.79. The molecule has 1 saturated heterocycles. The average Bonchev–Trinajstić information content (AvgIpc) is 2.99. The zero-order valence-corrected chi connectivity index (χ0v) is 15.5. The topological polar surface area (TPSA) is 54.9 Å². The summed E-state index contributed by atoms with van der Waals surface area (Å²) in [5.41, 5.74) is 0.322. The predicted molar refractivity (Wildman–Crippen MR) is 98.9 cm³/mol. The molecule has 3 fully saturated rings. The third kappa shape index (κ3) is 3.04. The molecule has 26 heavy (non-hydrogen) atoms. The molecule has 1 aliphatic heterocycles. The molecule has 5 nitrogen and oxygen atoms in total. The van der Waals surface area contributed by atoms with Crippen LogP contribution in [0.3, 0.4) is 0 Å². The van der Waals surface area contributed by atoms with Crippen molar-refractivity contribution >= 4 is 5.96 Å². The summed E-state index contributed by atoms with van der Waals surface area (Å²) >= 11 is 0. The zero-order valence-electron chi connectivity index (χ0n) is 15.5. The van der Waals surface area contributed by atoms with Crippen LogP contribution in [-0.4, -0.2) is 44.4 Å². The molecule has 4 atom stereocenters. The van der Waals surface area contributed by atoms with Crippen LogP contribution in [0.2, 0.25) is 0 Å². The standard InChI is InChI=1S/C20H28FN3O2/c1-13(26-15-6-3-5-14(21)11-15)12-23-19(22-2)24-17-16-7-10-25-18(16)20(17)8-4-9-20/h3,5-6,11,13,16-18H,4,7-10,12H2,1-2H3,(H2,22,23,24). The molecule has 3 aliphatic rings. The van der Waals surface area contributed by atoms with Gasteiger partial charge >= 0.3 is 0 Å². The van der Waals surface area contributed by atoms with Crippen molar-refractivity contribution in [1.29, 1.82) is 0 Å². The van der Waals surface area contributed by atoms with Gasteiger partial charge in [-0.2, -0.15) is 0 Å². The third-order valence-corrected chi connectivity index (χ3v) is 6.24.